The normalized spacial score (nSPS) is 10.1. The molecule has 3 rings (SSSR count). The maximum atomic E-state index is 9.64. The number of nitrogens with zero attached hydrogens (tertiary/aromatic N) is 4. The molecule has 0 amide bonds. The van der Waals surface area contributed by atoms with E-state index in [1.54, 1.807) is 24.4 Å². The molecule has 2 heterocycles. The minimum atomic E-state index is 0.365. The SMILES string of the molecule is C=CCNc1nc(-c2ccccn2)nc(-c2ccc(Cl)cc2)c1C#N. The standard InChI is InChI=1S/C19H14ClN5/c1-2-10-23-18-15(12-21)17(13-6-8-14(20)9-7-13)24-19(25-18)16-5-3-4-11-22-16/h2-9,11H,1,10H2,(H,23,24,25). The van der Waals surface area contributed by atoms with Gasteiger partial charge in [-0.3, -0.25) is 4.98 Å². The van der Waals surface area contributed by atoms with Crippen molar-refractivity contribution in [3.05, 3.63) is 71.9 Å². The number of hydrogen-bond acceptors (Lipinski definition) is 5. The third-order valence-electron chi connectivity index (χ3n) is 3.45. The first-order chi connectivity index (χ1) is 12.2. The van der Waals surface area contributed by atoms with Gasteiger partial charge in [0, 0.05) is 23.3 Å². The molecular formula is C19H14ClN5. The molecule has 0 bridgehead atoms. The lowest BCUT2D eigenvalue weighted by Crippen LogP contribution is -2.07. The Balaban J connectivity index is 2.22. The molecule has 5 nitrogen and oxygen atoms in total. The largest absolute Gasteiger partial charge is 0.365 e. The number of nitriles is 1. The lowest BCUT2D eigenvalue weighted by atomic mass is 10.1. The molecule has 25 heavy (non-hydrogen) atoms. The molecule has 0 radical (unpaired) electrons. The van der Waals surface area contributed by atoms with Crippen LogP contribution in [-0.4, -0.2) is 21.5 Å². The summed E-state index contributed by atoms with van der Waals surface area (Å²) in [4.78, 5) is 13.3. The minimum Gasteiger partial charge on any atom is -0.365 e. The number of hydrogen-bond donors (Lipinski definition) is 1. The molecule has 0 aliphatic rings. The van der Waals surface area contributed by atoms with Crippen LogP contribution < -0.4 is 5.32 Å². The van der Waals surface area contributed by atoms with Crippen LogP contribution in [0, 0.1) is 11.3 Å². The zero-order valence-electron chi connectivity index (χ0n) is 13.3. The van der Waals surface area contributed by atoms with Crippen LogP contribution in [0.5, 0.6) is 0 Å². The second kappa shape index (κ2) is 7.56. The highest BCUT2D eigenvalue weighted by Crippen LogP contribution is 2.29. The molecule has 6 heteroatoms. The second-order valence-electron chi connectivity index (χ2n) is 5.12. The summed E-state index contributed by atoms with van der Waals surface area (Å²) < 4.78 is 0. The maximum Gasteiger partial charge on any atom is 0.180 e. The van der Waals surface area contributed by atoms with E-state index in [9.17, 15) is 5.26 Å². The molecule has 0 aliphatic carbocycles. The average molecular weight is 348 g/mol. The van der Waals surface area contributed by atoms with Gasteiger partial charge in [0.25, 0.3) is 0 Å². The first-order valence-corrected chi connectivity index (χ1v) is 7.95. The Morgan fingerprint density at radius 3 is 2.60 bits per heavy atom. The van der Waals surface area contributed by atoms with E-state index in [1.807, 2.05) is 30.3 Å². The van der Waals surface area contributed by atoms with E-state index in [2.05, 4.69) is 32.9 Å². The number of nitrogens with one attached hydrogen (secondary N) is 1. The van der Waals surface area contributed by atoms with Crippen molar-refractivity contribution in [1.82, 2.24) is 15.0 Å². The summed E-state index contributed by atoms with van der Waals surface area (Å²) in [6, 6.07) is 14.9. The third kappa shape index (κ3) is 3.65. The average Bonchev–Trinajstić information content (AvgIpc) is 2.67. The van der Waals surface area contributed by atoms with Crippen molar-refractivity contribution in [2.75, 3.05) is 11.9 Å². The Kier molecular flexibility index (Phi) is 5.03. The van der Waals surface area contributed by atoms with Gasteiger partial charge in [0.15, 0.2) is 5.82 Å². The van der Waals surface area contributed by atoms with E-state index < -0.39 is 0 Å². The van der Waals surface area contributed by atoms with Crippen LogP contribution in [0.2, 0.25) is 5.02 Å². The molecule has 0 unspecified atom stereocenters. The fourth-order valence-corrected chi connectivity index (χ4v) is 2.42. The number of aromatic nitrogens is 3. The van der Waals surface area contributed by atoms with Crippen molar-refractivity contribution in [2.24, 2.45) is 0 Å². The number of rotatable bonds is 5. The highest BCUT2D eigenvalue weighted by molar-refractivity contribution is 6.30. The van der Waals surface area contributed by atoms with E-state index in [0.29, 0.717) is 40.2 Å². The Hall–Kier alpha value is -3.23. The summed E-state index contributed by atoms with van der Waals surface area (Å²) in [5, 5.41) is 13.4. The molecule has 0 spiro atoms. The van der Waals surface area contributed by atoms with Crippen molar-refractivity contribution in [1.29, 1.82) is 5.26 Å². The lowest BCUT2D eigenvalue weighted by molar-refractivity contribution is 1.11. The zero-order chi connectivity index (χ0) is 17.6. The number of halogens is 1. The molecule has 1 N–H and O–H groups in total. The summed E-state index contributed by atoms with van der Waals surface area (Å²) in [5.74, 6) is 0.888. The van der Waals surface area contributed by atoms with Gasteiger partial charge in [0.1, 0.15) is 23.1 Å². The highest BCUT2D eigenvalue weighted by atomic mass is 35.5. The summed E-state index contributed by atoms with van der Waals surface area (Å²) >= 11 is 5.97. The van der Waals surface area contributed by atoms with Crippen molar-refractivity contribution >= 4 is 17.4 Å². The van der Waals surface area contributed by atoms with E-state index in [0.717, 1.165) is 5.56 Å². The fraction of sp³-hybridized carbons (Fsp3) is 0.0526. The van der Waals surface area contributed by atoms with Gasteiger partial charge in [0.05, 0.1) is 5.69 Å². The van der Waals surface area contributed by atoms with Gasteiger partial charge in [-0.05, 0) is 24.3 Å². The molecule has 1 aromatic carbocycles. The highest BCUT2D eigenvalue weighted by Gasteiger charge is 2.17. The molecule has 0 aliphatic heterocycles. The van der Waals surface area contributed by atoms with Gasteiger partial charge in [-0.1, -0.05) is 35.9 Å². The molecule has 0 fully saturated rings. The quantitative estimate of drug-likeness (QED) is 0.695. The Labute approximate surface area is 150 Å². The Morgan fingerprint density at radius 1 is 1.16 bits per heavy atom. The summed E-state index contributed by atoms with van der Waals surface area (Å²) in [7, 11) is 0. The van der Waals surface area contributed by atoms with E-state index in [1.165, 1.54) is 0 Å². The first-order valence-electron chi connectivity index (χ1n) is 7.57. The molecule has 0 saturated heterocycles. The Morgan fingerprint density at radius 2 is 1.96 bits per heavy atom. The van der Waals surface area contributed by atoms with E-state index in [4.69, 9.17) is 11.6 Å². The van der Waals surface area contributed by atoms with Gasteiger partial charge >= 0.3 is 0 Å². The van der Waals surface area contributed by atoms with E-state index >= 15 is 0 Å². The molecule has 0 saturated carbocycles. The molecule has 3 aromatic rings. The van der Waals surface area contributed by atoms with Crippen molar-refractivity contribution < 1.29 is 0 Å². The van der Waals surface area contributed by atoms with Crippen molar-refractivity contribution in [3.8, 4) is 28.8 Å². The third-order valence-corrected chi connectivity index (χ3v) is 3.70. The van der Waals surface area contributed by atoms with Crippen molar-refractivity contribution in [3.63, 3.8) is 0 Å². The van der Waals surface area contributed by atoms with Gasteiger partial charge < -0.3 is 5.32 Å². The zero-order valence-corrected chi connectivity index (χ0v) is 14.0. The monoisotopic (exact) mass is 347 g/mol. The Bertz CT molecular complexity index is 931. The van der Waals surface area contributed by atoms with Crippen LogP contribution in [-0.2, 0) is 0 Å². The van der Waals surface area contributed by atoms with Crippen LogP contribution in [0.1, 0.15) is 5.56 Å². The summed E-state index contributed by atoms with van der Waals surface area (Å²) in [6.07, 6.45) is 3.38. The smallest absolute Gasteiger partial charge is 0.180 e. The number of pyridine rings is 1. The first kappa shape index (κ1) is 16.6. The number of anilines is 1. The van der Waals surface area contributed by atoms with Gasteiger partial charge in [-0.15, -0.1) is 6.58 Å². The molecular weight excluding hydrogens is 334 g/mol. The topological polar surface area (TPSA) is 74.5 Å². The van der Waals surface area contributed by atoms with Crippen LogP contribution in [0.4, 0.5) is 5.82 Å². The van der Waals surface area contributed by atoms with Gasteiger partial charge in [-0.2, -0.15) is 5.26 Å². The molecule has 2 aromatic heterocycles. The molecule has 122 valence electrons. The number of benzene rings is 1. The second-order valence-corrected chi connectivity index (χ2v) is 5.56. The van der Waals surface area contributed by atoms with Crippen LogP contribution in [0.15, 0.2) is 61.3 Å². The van der Waals surface area contributed by atoms with Crippen LogP contribution >= 0.6 is 11.6 Å². The van der Waals surface area contributed by atoms with Gasteiger partial charge in [0.2, 0.25) is 0 Å². The predicted molar refractivity (Wildman–Crippen MR) is 99.1 cm³/mol. The van der Waals surface area contributed by atoms with E-state index in [-0.39, 0.29) is 0 Å². The minimum absolute atomic E-state index is 0.365. The van der Waals surface area contributed by atoms with Gasteiger partial charge in [-0.25, -0.2) is 9.97 Å². The van der Waals surface area contributed by atoms with Crippen molar-refractivity contribution in [2.45, 2.75) is 0 Å². The van der Waals surface area contributed by atoms with Crippen LogP contribution in [0.25, 0.3) is 22.8 Å². The lowest BCUT2D eigenvalue weighted by Gasteiger charge is -2.12. The fourth-order valence-electron chi connectivity index (χ4n) is 2.29. The predicted octanol–water partition coefficient (Wildman–Crippen LogP) is 4.33. The maximum absolute atomic E-state index is 9.64. The molecule has 0 atom stereocenters. The van der Waals surface area contributed by atoms with Crippen LogP contribution in [0.3, 0.4) is 0 Å². The summed E-state index contributed by atoms with van der Waals surface area (Å²) in [6.45, 7) is 4.17. The summed E-state index contributed by atoms with van der Waals surface area (Å²) in [5.41, 5.74) is 2.30.